The number of halogens is 3. The number of benzene rings is 2. The fraction of sp³-hybridized carbons (Fsp3) is 0.286. The maximum atomic E-state index is 12.4. The summed E-state index contributed by atoms with van der Waals surface area (Å²) >= 11 is 17.8. The molecular weight excluding hydrogens is 391 g/mol. The second kappa shape index (κ2) is 7.64. The number of esters is 1. The molecule has 0 saturated heterocycles. The monoisotopic (exact) mass is 408 g/mol. The molecule has 0 aromatic heterocycles. The third kappa shape index (κ3) is 4.09. The van der Waals surface area contributed by atoms with Crippen molar-refractivity contribution >= 4 is 40.8 Å². The van der Waals surface area contributed by atoms with Gasteiger partial charge in [0.25, 0.3) is 0 Å². The number of allylic oxidation sites excluding steroid dienone is 1. The lowest BCUT2D eigenvalue weighted by atomic mass is 10.0. The fourth-order valence-electron chi connectivity index (χ4n) is 3.32. The molecule has 2 aromatic carbocycles. The maximum absolute atomic E-state index is 12.4. The van der Waals surface area contributed by atoms with Crippen LogP contribution in [0.15, 0.2) is 59.1 Å². The fourth-order valence-corrected chi connectivity index (χ4v) is 3.82. The van der Waals surface area contributed by atoms with Crippen molar-refractivity contribution in [1.82, 2.24) is 0 Å². The molecule has 0 heterocycles. The molecule has 0 spiro atoms. The standard InChI is InChI=1S/C21H19Cl3O2/c1-21(2)16(11-18(23)24)19(21)20(25)26-12-13-8-9-17(22)15(10-13)14-6-4-3-5-7-14/h3-11,16,19H,12H2,1-2H3/t16-,19+/m1/s1. The van der Waals surface area contributed by atoms with Crippen LogP contribution in [0.2, 0.25) is 5.02 Å². The summed E-state index contributed by atoms with van der Waals surface area (Å²) in [6.07, 6.45) is 1.71. The summed E-state index contributed by atoms with van der Waals surface area (Å²) in [6.45, 7) is 4.21. The summed E-state index contributed by atoms with van der Waals surface area (Å²) in [6, 6.07) is 15.5. The van der Waals surface area contributed by atoms with Crippen molar-refractivity contribution in [1.29, 1.82) is 0 Å². The van der Waals surface area contributed by atoms with Gasteiger partial charge in [-0.2, -0.15) is 0 Å². The van der Waals surface area contributed by atoms with E-state index in [1.807, 2.05) is 62.4 Å². The predicted molar refractivity (Wildman–Crippen MR) is 107 cm³/mol. The third-order valence-corrected chi connectivity index (χ3v) is 5.55. The van der Waals surface area contributed by atoms with E-state index in [4.69, 9.17) is 39.5 Å². The molecule has 1 aliphatic rings. The normalized spacial score (nSPS) is 20.3. The number of hydrogen-bond acceptors (Lipinski definition) is 2. The van der Waals surface area contributed by atoms with E-state index in [1.54, 1.807) is 6.08 Å². The van der Waals surface area contributed by atoms with Gasteiger partial charge in [-0.05, 0) is 40.7 Å². The van der Waals surface area contributed by atoms with Crippen LogP contribution in [-0.2, 0) is 16.1 Å². The van der Waals surface area contributed by atoms with E-state index < -0.39 is 0 Å². The minimum atomic E-state index is -0.234. The van der Waals surface area contributed by atoms with Crippen LogP contribution in [0.4, 0.5) is 0 Å². The molecule has 0 N–H and O–H groups in total. The van der Waals surface area contributed by atoms with E-state index in [0.29, 0.717) is 5.02 Å². The first-order valence-corrected chi connectivity index (χ1v) is 9.47. The summed E-state index contributed by atoms with van der Waals surface area (Å²) in [4.78, 5) is 12.4. The molecule has 0 radical (unpaired) electrons. The van der Waals surface area contributed by atoms with Gasteiger partial charge in [-0.25, -0.2) is 0 Å². The van der Waals surface area contributed by atoms with E-state index in [2.05, 4.69) is 0 Å². The molecule has 1 saturated carbocycles. The van der Waals surface area contributed by atoms with Crippen molar-refractivity contribution in [2.45, 2.75) is 20.5 Å². The van der Waals surface area contributed by atoms with Gasteiger partial charge in [-0.3, -0.25) is 4.79 Å². The number of rotatable bonds is 5. The Morgan fingerprint density at radius 3 is 2.50 bits per heavy atom. The van der Waals surface area contributed by atoms with Crippen molar-refractivity contribution in [3.8, 4) is 11.1 Å². The van der Waals surface area contributed by atoms with Crippen LogP contribution in [0.25, 0.3) is 11.1 Å². The van der Waals surface area contributed by atoms with E-state index in [1.165, 1.54) is 0 Å². The van der Waals surface area contributed by atoms with Gasteiger partial charge in [0.1, 0.15) is 11.1 Å². The lowest BCUT2D eigenvalue weighted by Gasteiger charge is -2.09. The Hall–Kier alpha value is -1.48. The molecule has 0 amide bonds. The highest BCUT2D eigenvalue weighted by Gasteiger charge is 2.61. The lowest BCUT2D eigenvalue weighted by molar-refractivity contribution is -0.147. The quantitative estimate of drug-likeness (QED) is 0.517. The average Bonchev–Trinajstić information content (AvgIpc) is 3.14. The zero-order valence-corrected chi connectivity index (χ0v) is 16.8. The first-order chi connectivity index (χ1) is 12.3. The molecule has 5 heteroatoms. The predicted octanol–water partition coefficient (Wildman–Crippen LogP) is 6.64. The van der Waals surface area contributed by atoms with E-state index in [9.17, 15) is 4.79 Å². The second-order valence-corrected chi connectivity index (χ2v) is 8.48. The summed E-state index contributed by atoms with van der Waals surface area (Å²) in [5, 5.41) is 0.663. The maximum Gasteiger partial charge on any atom is 0.310 e. The van der Waals surface area contributed by atoms with E-state index >= 15 is 0 Å². The molecular formula is C21H19Cl3O2. The molecule has 1 fully saturated rings. The van der Waals surface area contributed by atoms with Gasteiger partial charge in [-0.15, -0.1) is 0 Å². The smallest absolute Gasteiger partial charge is 0.310 e. The highest BCUT2D eigenvalue weighted by Crippen LogP contribution is 2.60. The highest BCUT2D eigenvalue weighted by molar-refractivity contribution is 6.55. The number of ether oxygens (including phenoxy) is 1. The van der Waals surface area contributed by atoms with Crippen LogP contribution < -0.4 is 0 Å². The molecule has 2 nitrogen and oxygen atoms in total. The van der Waals surface area contributed by atoms with Crippen molar-refractivity contribution in [3.05, 3.63) is 69.7 Å². The zero-order valence-electron chi connectivity index (χ0n) is 14.5. The number of carbonyl (C=O) groups excluding carboxylic acids is 1. The molecule has 0 aliphatic heterocycles. The summed E-state index contributed by atoms with van der Waals surface area (Å²) in [5.41, 5.74) is 2.64. The van der Waals surface area contributed by atoms with Crippen molar-refractivity contribution < 1.29 is 9.53 Å². The van der Waals surface area contributed by atoms with Gasteiger partial charge in [0.15, 0.2) is 0 Å². The Bertz CT molecular complexity index is 840. The highest BCUT2D eigenvalue weighted by atomic mass is 35.5. The minimum Gasteiger partial charge on any atom is -0.461 e. The second-order valence-electron chi connectivity index (χ2n) is 7.07. The topological polar surface area (TPSA) is 26.3 Å². The molecule has 0 unspecified atom stereocenters. The van der Waals surface area contributed by atoms with Crippen LogP contribution in [0.5, 0.6) is 0 Å². The summed E-state index contributed by atoms with van der Waals surface area (Å²) < 4.78 is 5.72. The van der Waals surface area contributed by atoms with Gasteiger partial charge in [-0.1, -0.05) is 85.0 Å². The molecule has 1 aliphatic carbocycles. The first-order valence-electron chi connectivity index (χ1n) is 8.34. The van der Waals surface area contributed by atoms with Crippen LogP contribution in [-0.4, -0.2) is 5.97 Å². The van der Waals surface area contributed by atoms with Gasteiger partial charge in [0.05, 0.1) is 5.92 Å². The van der Waals surface area contributed by atoms with Gasteiger partial charge in [0.2, 0.25) is 0 Å². The molecule has 2 atom stereocenters. The van der Waals surface area contributed by atoms with Gasteiger partial charge >= 0.3 is 5.97 Å². The van der Waals surface area contributed by atoms with E-state index in [0.717, 1.165) is 16.7 Å². The van der Waals surface area contributed by atoms with Gasteiger partial charge in [0, 0.05) is 10.6 Å². The molecule has 3 rings (SSSR count). The van der Waals surface area contributed by atoms with Crippen LogP contribution >= 0.6 is 34.8 Å². The molecule has 26 heavy (non-hydrogen) atoms. The molecule has 2 aromatic rings. The molecule has 0 bridgehead atoms. The largest absolute Gasteiger partial charge is 0.461 e. The third-order valence-electron chi connectivity index (χ3n) is 4.97. The summed E-state index contributed by atoms with van der Waals surface area (Å²) in [5.74, 6) is -0.456. The minimum absolute atomic E-state index is 0.00472. The molecule has 136 valence electrons. The van der Waals surface area contributed by atoms with Crippen molar-refractivity contribution in [2.75, 3.05) is 0 Å². The number of hydrogen-bond donors (Lipinski definition) is 0. The average molecular weight is 410 g/mol. The Morgan fingerprint density at radius 1 is 1.15 bits per heavy atom. The van der Waals surface area contributed by atoms with Crippen LogP contribution in [0, 0.1) is 17.3 Å². The zero-order chi connectivity index (χ0) is 18.9. The van der Waals surface area contributed by atoms with Crippen molar-refractivity contribution in [2.24, 2.45) is 17.3 Å². The van der Waals surface area contributed by atoms with Gasteiger partial charge < -0.3 is 4.74 Å². The van der Waals surface area contributed by atoms with Crippen molar-refractivity contribution in [3.63, 3.8) is 0 Å². The van der Waals surface area contributed by atoms with Crippen LogP contribution in [0.1, 0.15) is 19.4 Å². The SMILES string of the molecule is CC1(C)[C@H](C=C(Cl)Cl)[C@H]1C(=O)OCc1ccc(Cl)c(-c2ccccc2)c1. The summed E-state index contributed by atoms with van der Waals surface area (Å²) in [7, 11) is 0. The Morgan fingerprint density at radius 2 is 1.85 bits per heavy atom. The van der Waals surface area contributed by atoms with E-state index in [-0.39, 0.29) is 34.3 Å². The lowest BCUT2D eigenvalue weighted by Crippen LogP contribution is -2.10. The number of carbonyl (C=O) groups is 1. The Kier molecular flexibility index (Phi) is 5.67. The first kappa shape index (κ1) is 19.3. The van der Waals surface area contributed by atoms with Crippen LogP contribution in [0.3, 0.4) is 0 Å². The Balaban J connectivity index is 1.69. The Labute approximate surface area is 168 Å².